The molecule has 6 nitrogen and oxygen atoms in total. The highest BCUT2D eigenvalue weighted by Gasteiger charge is 2.17. The van der Waals surface area contributed by atoms with Gasteiger partial charge in [0.25, 0.3) is 0 Å². The zero-order valence-corrected chi connectivity index (χ0v) is 20.3. The number of benzene rings is 5. The van der Waals surface area contributed by atoms with Gasteiger partial charge < -0.3 is 15.3 Å². The summed E-state index contributed by atoms with van der Waals surface area (Å²) in [6, 6.07) is 26.1. The normalized spacial score (nSPS) is 11.7. The molecule has 0 unspecified atom stereocenters. The molecule has 180 valence electrons. The highest BCUT2D eigenvalue weighted by atomic mass is 16.3. The Morgan fingerprint density at radius 1 is 0.622 bits per heavy atom. The maximum atomic E-state index is 11.1. The molecule has 0 radical (unpaired) electrons. The van der Waals surface area contributed by atoms with E-state index >= 15 is 0 Å². The third-order valence-corrected chi connectivity index (χ3v) is 6.77. The van der Waals surface area contributed by atoms with Crippen LogP contribution >= 0.6 is 0 Å². The number of rotatable bonds is 3. The number of fused-ring (bicyclic) bond motifs is 3. The number of aromatic nitrogens is 1. The van der Waals surface area contributed by atoms with Gasteiger partial charge >= 0.3 is 0 Å². The number of aromatic hydroxyl groups is 3. The summed E-state index contributed by atoms with van der Waals surface area (Å²) in [5, 5.41) is 45.3. The second-order valence-corrected chi connectivity index (χ2v) is 9.14. The maximum Gasteiger partial charge on any atom is 0.175 e. The zero-order chi connectivity index (χ0) is 25.7. The van der Waals surface area contributed by atoms with E-state index in [-0.39, 0.29) is 22.9 Å². The van der Waals surface area contributed by atoms with Gasteiger partial charge in [-0.1, -0.05) is 60.7 Å². The molecular formula is C31H23N3O3. The summed E-state index contributed by atoms with van der Waals surface area (Å²) in [4.78, 5) is 4.51. The van der Waals surface area contributed by atoms with E-state index in [1.807, 2.05) is 80.6 Å². The molecule has 0 saturated carbocycles. The lowest BCUT2D eigenvalue weighted by Crippen LogP contribution is -1.87. The van der Waals surface area contributed by atoms with Gasteiger partial charge in [-0.25, -0.2) is 4.98 Å². The van der Waals surface area contributed by atoms with Crippen LogP contribution in [0.5, 0.6) is 17.2 Å². The largest absolute Gasteiger partial charge is 0.507 e. The van der Waals surface area contributed by atoms with Crippen molar-refractivity contribution in [3.63, 3.8) is 0 Å². The van der Waals surface area contributed by atoms with E-state index < -0.39 is 0 Å². The van der Waals surface area contributed by atoms with Gasteiger partial charge in [0.15, 0.2) is 11.6 Å². The van der Waals surface area contributed by atoms with Gasteiger partial charge in [0.2, 0.25) is 0 Å². The van der Waals surface area contributed by atoms with Gasteiger partial charge in [-0.2, -0.15) is 0 Å². The monoisotopic (exact) mass is 485 g/mol. The van der Waals surface area contributed by atoms with Crippen molar-refractivity contribution in [3.05, 3.63) is 96.1 Å². The second kappa shape index (κ2) is 8.60. The Morgan fingerprint density at radius 2 is 1.35 bits per heavy atom. The number of nitrogens with zero attached hydrogens (tertiary/aromatic N) is 3. The Bertz CT molecular complexity index is 1890. The van der Waals surface area contributed by atoms with Crippen LogP contribution in [0.4, 0.5) is 11.5 Å². The molecule has 0 amide bonds. The van der Waals surface area contributed by atoms with Crippen LogP contribution in [0.15, 0.2) is 95.2 Å². The molecule has 0 aliphatic rings. The molecule has 6 heteroatoms. The number of pyridine rings is 1. The number of aryl methyl sites for hydroxylation is 2. The molecule has 5 aromatic carbocycles. The van der Waals surface area contributed by atoms with Crippen molar-refractivity contribution < 1.29 is 15.3 Å². The summed E-state index contributed by atoms with van der Waals surface area (Å²) in [5.74, 6) is 0.530. The molecule has 0 saturated heterocycles. The molecule has 3 N–H and O–H groups in total. The minimum atomic E-state index is -0.0156. The first-order valence-electron chi connectivity index (χ1n) is 11.9. The van der Waals surface area contributed by atoms with Crippen LogP contribution in [-0.4, -0.2) is 20.3 Å². The molecule has 6 aromatic rings. The van der Waals surface area contributed by atoms with Crippen LogP contribution in [0.1, 0.15) is 11.1 Å². The fourth-order valence-corrected chi connectivity index (χ4v) is 4.94. The summed E-state index contributed by atoms with van der Waals surface area (Å²) in [7, 11) is 0. The van der Waals surface area contributed by atoms with Crippen molar-refractivity contribution >= 4 is 44.0 Å². The average Bonchev–Trinajstić information content (AvgIpc) is 2.92. The molecule has 0 aliphatic heterocycles. The van der Waals surface area contributed by atoms with Crippen molar-refractivity contribution in [3.8, 4) is 28.4 Å². The molecule has 0 atom stereocenters. The molecular weight excluding hydrogens is 462 g/mol. The molecule has 6 rings (SSSR count). The lowest BCUT2D eigenvalue weighted by atomic mass is 9.92. The summed E-state index contributed by atoms with van der Waals surface area (Å²) in [6.45, 7) is 3.80. The Balaban J connectivity index is 1.55. The van der Waals surface area contributed by atoms with Gasteiger partial charge in [-0.05, 0) is 71.0 Å². The summed E-state index contributed by atoms with van der Waals surface area (Å²) < 4.78 is 0. The van der Waals surface area contributed by atoms with E-state index in [1.165, 1.54) is 0 Å². The smallest absolute Gasteiger partial charge is 0.175 e. The average molecular weight is 486 g/mol. The highest BCUT2D eigenvalue weighted by Crippen LogP contribution is 2.46. The lowest BCUT2D eigenvalue weighted by molar-refractivity contribution is 0.476. The molecule has 0 aliphatic carbocycles. The van der Waals surface area contributed by atoms with Gasteiger partial charge in [-0.15, -0.1) is 10.2 Å². The Hall–Kier alpha value is -4.97. The predicted octanol–water partition coefficient (Wildman–Crippen LogP) is 8.36. The van der Waals surface area contributed by atoms with E-state index in [9.17, 15) is 15.3 Å². The Kier molecular flexibility index (Phi) is 5.23. The molecule has 37 heavy (non-hydrogen) atoms. The van der Waals surface area contributed by atoms with Crippen molar-refractivity contribution in [1.29, 1.82) is 0 Å². The van der Waals surface area contributed by atoms with Crippen LogP contribution in [-0.2, 0) is 0 Å². The number of azo groups is 1. The number of hydrogen-bond donors (Lipinski definition) is 3. The standard InChI is InChI=1S/C31H23N3O3/c1-17-15-18(2)30(36)29-20(17)12-14-27(32-29)34-33-25-16-24(22-9-5-6-10-23(22)31(25)37)28-21-8-4-3-7-19(21)11-13-26(28)35/h3-16,35-37H,1-2H3. The first-order valence-corrected chi connectivity index (χ1v) is 11.9. The molecule has 1 heterocycles. The second-order valence-electron chi connectivity index (χ2n) is 9.14. The SMILES string of the molecule is Cc1cc(C)c2ccc(N=Nc3cc(-c4c(O)ccc5ccccc45)c4ccccc4c3O)nc2c1O. The number of hydrogen-bond acceptors (Lipinski definition) is 6. The summed E-state index contributed by atoms with van der Waals surface area (Å²) >= 11 is 0. The van der Waals surface area contributed by atoms with Crippen molar-refractivity contribution in [1.82, 2.24) is 4.98 Å². The van der Waals surface area contributed by atoms with Crippen LogP contribution in [0.2, 0.25) is 0 Å². The van der Waals surface area contributed by atoms with Crippen molar-refractivity contribution in [2.24, 2.45) is 10.2 Å². The van der Waals surface area contributed by atoms with E-state index in [0.717, 1.165) is 38.2 Å². The van der Waals surface area contributed by atoms with E-state index in [0.29, 0.717) is 22.3 Å². The van der Waals surface area contributed by atoms with Gasteiger partial charge in [-0.3, -0.25) is 0 Å². The van der Waals surface area contributed by atoms with Crippen LogP contribution < -0.4 is 0 Å². The summed E-state index contributed by atoms with van der Waals surface area (Å²) in [6.07, 6.45) is 0. The predicted molar refractivity (Wildman–Crippen MR) is 147 cm³/mol. The van der Waals surface area contributed by atoms with Crippen molar-refractivity contribution in [2.45, 2.75) is 13.8 Å². The maximum absolute atomic E-state index is 11.1. The third-order valence-electron chi connectivity index (χ3n) is 6.77. The molecule has 0 fully saturated rings. The third kappa shape index (κ3) is 3.70. The summed E-state index contributed by atoms with van der Waals surface area (Å²) in [5.41, 5.74) is 3.83. The fourth-order valence-electron chi connectivity index (χ4n) is 4.94. The number of phenolic OH excluding ortho intramolecular Hbond substituents is 3. The van der Waals surface area contributed by atoms with Crippen LogP contribution in [0.25, 0.3) is 43.6 Å². The van der Waals surface area contributed by atoms with Gasteiger partial charge in [0, 0.05) is 16.3 Å². The van der Waals surface area contributed by atoms with Crippen molar-refractivity contribution in [2.75, 3.05) is 0 Å². The first kappa shape index (κ1) is 22.5. The quantitative estimate of drug-likeness (QED) is 0.219. The van der Waals surface area contributed by atoms with Crippen LogP contribution in [0, 0.1) is 13.8 Å². The zero-order valence-electron chi connectivity index (χ0n) is 20.3. The minimum Gasteiger partial charge on any atom is -0.507 e. The van der Waals surface area contributed by atoms with E-state index in [2.05, 4.69) is 15.2 Å². The van der Waals surface area contributed by atoms with E-state index in [4.69, 9.17) is 0 Å². The van der Waals surface area contributed by atoms with Gasteiger partial charge in [0.05, 0.1) is 0 Å². The Morgan fingerprint density at radius 3 is 2.16 bits per heavy atom. The molecule has 1 aromatic heterocycles. The highest BCUT2D eigenvalue weighted by molar-refractivity contribution is 6.10. The fraction of sp³-hybridized carbons (Fsp3) is 0.0645. The molecule has 0 spiro atoms. The Labute approximate surface area is 212 Å². The molecule has 0 bridgehead atoms. The number of phenols is 3. The lowest BCUT2D eigenvalue weighted by Gasteiger charge is -2.14. The first-order chi connectivity index (χ1) is 17.9. The minimum absolute atomic E-state index is 0.0156. The van der Waals surface area contributed by atoms with E-state index in [1.54, 1.807) is 18.2 Å². The van der Waals surface area contributed by atoms with Gasteiger partial charge in [0.1, 0.15) is 22.7 Å². The van der Waals surface area contributed by atoms with Crippen LogP contribution in [0.3, 0.4) is 0 Å². The topological polar surface area (TPSA) is 98.3 Å².